The third kappa shape index (κ3) is 6.26. The number of nitrogens with zero attached hydrogens (tertiary/aromatic N) is 3. The van der Waals surface area contributed by atoms with Gasteiger partial charge in [0.25, 0.3) is 0 Å². The van der Waals surface area contributed by atoms with Crippen LogP contribution < -0.4 is 10.2 Å². The van der Waals surface area contributed by atoms with Crippen molar-refractivity contribution >= 4 is 28.6 Å². The van der Waals surface area contributed by atoms with Gasteiger partial charge in [-0.1, -0.05) is 55.3 Å². The SMILES string of the molecule is CCCCOc1ccc(/C=N/NC(=Nc2ccc(C)cc2)c2ccc3ccccc3n2)cc1. The molecule has 1 N–H and O–H groups in total. The second-order valence-electron chi connectivity index (χ2n) is 7.83. The topological polar surface area (TPSA) is 58.9 Å². The molecule has 166 valence electrons. The van der Waals surface area contributed by atoms with Crippen LogP contribution in [-0.2, 0) is 0 Å². The highest BCUT2D eigenvalue weighted by molar-refractivity contribution is 6.00. The van der Waals surface area contributed by atoms with Crippen LogP contribution in [0.1, 0.15) is 36.6 Å². The standard InChI is InChI=1S/C28H28N4O/c1-3-4-19-33-25-16-11-22(12-17-25)20-29-32-28(30-24-14-9-21(2)10-15-24)27-18-13-23-7-5-6-8-26(23)31-27/h5-18,20H,3-4,19H2,1-2H3,(H,30,32)/b29-20+. The molecular weight excluding hydrogens is 408 g/mol. The second-order valence-corrected chi connectivity index (χ2v) is 7.83. The number of ether oxygens (including phenoxy) is 1. The lowest BCUT2D eigenvalue weighted by Gasteiger charge is -2.08. The first-order valence-corrected chi connectivity index (χ1v) is 11.2. The van der Waals surface area contributed by atoms with Gasteiger partial charge >= 0.3 is 0 Å². The number of fused-ring (bicyclic) bond motifs is 1. The molecule has 0 aliphatic heterocycles. The fraction of sp³-hybridized carbons (Fsp3) is 0.179. The van der Waals surface area contributed by atoms with Crippen LogP contribution in [0.25, 0.3) is 10.9 Å². The molecule has 4 rings (SSSR count). The van der Waals surface area contributed by atoms with Crippen LogP contribution in [0.2, 0.25) is 0 Å². The molecule has 0 aliphatic rings. The number of benzene rings is 3. The van der Waals surface area contributed by atoms with E-state index in [0.29, 0.717) is 5.84 Å². The van der Waals surface area contributed by atoms with Gasteiger partial charge in [0.2, 0.25) is 0 Å². The minimum atomic E-state index is 0.584. The highest BCUT2D eigenvalue weighted by atomic mass is 16.5. The molecule has 5 nitrogen and oxygen atoms in total. The first kappa shape index (κ1) is 22.2. The van der Waals surface area contributed by atoms with Gasteiger partial charge in [-0.05, 0) is 67.4 Å². The monoisotopic (exact) mass is 436 g/mol. The lowest BCUT2D eigenvalue weighted by Crippen LogP contribution is -2.20. The van der Waals surface area contributed by atoms with E-state index in [-0.39, 0.29) is 0 Å². The molecule has 0 fully saturated rings. The molecule has 0 amide bonds. The van der Waals surface area contributed by atoms with E-state index in [1.54, 1.807) is 6.21 Å². The first-order chi connectivity index (χ1) is 16.2. The minimum absolute atomic E-state index is 0.584. The first-order valence-electron chi connectivity index (χ1n) is 11.2. The quantitative estimate of drug-likeness (QED) is 0.150. The highest BCUT2D eigenvalue weighted by Gasteiger charge is 2.07. The molecule has 1 heterocycles. The van der Waals surface area contributed by atoms with Gasteiger partial charge in [-0.3, -0.25) is 5.43 Å². The third-order valence-corrected chi connectivity index (χ3v) is 5.15. The Kier molecular flexibility index (Phi) is 7.44. The lowest BCUT2D eigenvalue weighted by molar-refractivity contribution is 0.309. The average molecular weight is 437 g/mol. The summed E-state index contributed by atoms with van der Waals surface area (Å²) in [6, 6.07) is 28.0. The van der Waals surface area contributed by atoms with Crippen molar-refractivity contribution in [3.63, 3.8) is 0 Å². The van der Waals surface area contributed by atoms with Gasteiger partial charge < -0.3 is 4.74 Å². The van der Waals surface area contributed by atoms with Crippen molar-refractivity contribution in [2.75, 3.05) is 6.61 Å². The molecule has 0 spiro atoms. The predicted molar refractivity (Wildman–Crippen MR) is 137 cm³/mol. The number of para-hydroxylation sites is 1. The Morgan fingerprint density at radius 3 is 2.52 bits per heavy atom. The molecular formula is C28H28N4O. The fourth-order valence-corrected chi connectivity index (χ4v) is 3.24. The van der Waals surface area contributed by atoms with Gasteiger partial charge in [-0.2, -0.15) is 5.10 Å². The van der Waals surface area contributed by atoms with Crippen molar-refractivity contribution in [3.8, 4) is 5.75 Å². The van der Waals surface area contributed by atoms with Gasteiger partial charge in [-0.15, -0.1) is 0 Å². The van der Waals surface area contributed by atoms with E-state index in [2.05, 4.69) is 24.4 Å². The molecule has 0 saturated heterocycles. The van der Waals surface area contributed by atoms with E-state index in [0.717, 1.165) is 53.0 Å². The van der Waals surface area contributed by atoms with Crippen molar-refractivity contribution < 1.29 is 4.74 Å². The van der Waals surface area contributed by atoms with Crippen molar-refractivity contribution in [1.82, 2.24) is 10.4 Å². The Morgan fingerprint density at radius 2 is 1.73 bits per heavy atom. The Bertz CT molecular complexity index is 1250. The summed E-state index contributed by atoms with van der Waals surface area (Å²) < 4.78 is 5.72. The van der Waals surface area contributed by atoms with E-state index < -0.39 is 0 Å². The van der Waals surface area contributed by atoms with Crippen LogP contribution in [-0.4, -0.2) is 23.6 Å². The number of aromatic nitrogens is 1. The van der Waals surface area contributed by atoms with Crippen molar-refractivity contribution in [2.24, 2.45) is 10.1 Å². The number of hydrazone groups is 1. The van der Waals surface area contributed by atoms with Crippen LogP contribution in [0.15, 0.2) is 95.0 Å². The van der Waals surface area contributed by atoms with Gasteiger partial charge in [0, 0.05) is 5.39 Å². The maximum Gasteiger partial charge on any atom is 0.173 e. The van der Waals surface area contributed by atoms with Crippen molar-refractivity contribution in [3.05, 3.63) is 102 Å². The van der Waals surface area contributed by atoms with Crippen LogP contribution >= 0.6 is 0 Å². The minimum Gasteiger partial charge on any atom is -0.494 e. The number of hydrogen-bond acceptors (Lipinski definition) is 4. The molecule has 0 unspecified atom stereocenters. The summed E-state index contributed by atoms with van der Waals surface area (Å²) in [6.45, 7) is 4.95. The van der Waals surface area contributed by atoms with Crippen molar-refractivity contribution in [1.29, 1.82) is 0 Å². The van der Waals surface area contributed by atoms with E-state index in [1.165, 1.54) is 5.56 Å². The largest absolute Gasteiger partial charge is 0.494 e. The Hall–Kier alpha value is -3.99. The summed E-state index contributed by atoms with van der Waals surface area (Å²) in [4.78, 5) is 9.55. The Labute approximate surface area is 194 Å². The van der Waals surface area contributed by atoms with Gasteiger partial charge in [0.1, 0.15) is 11.4 Å². The summed E-state index contributed by atoms with van der Waals surface area (Å²) in [7, 11) is 0. The van der Waals surface area contributed by atoms with Gasteiger partial charge in [-0.25, -0.2) is 9.98 Å². The number of nitrogens with one attached hydrogen (secondary N) is 1. The number of hydrogen-bond donors (Lipinski definition) is 1. The molecule has 0 radical (unpaired) electrons. The maximum absolute atomic E-state index is 5.72. The number of unbranched alkanes of at least 4 members (excludes halogenated alkanes) is 1. The molecule has 1 aromatic heterocycles. The van der Waals surface area contributed by atoms with Crippen LogP contribution in [0.5, 0.6) is 5.75 Å². The maximum atomic E-state index is 5.72. The van der Waals surface area contributed by atoms with Crippen LogP contribution in [0.3, 0.4) is 0 Å². The molecule has 3 aromatic carbocycles. The zero-order valence-electron chi connectivity index (χ0n) is 19.0. The summed E-state index contributed by atoms with van der Waals surface area (Å²) >= 11 is 0. The summed E-state index contributed by atoms with van der Waals surface area (Å²) in [5.74, 6) is 1.45. The Balaban J connectivity index is 1.55. The number of rotatable bonds is 8. The fourth-order valence-electron chi connectivity index (χ4n) is 3.24. The number of pyridine rings is 1. The molecule has 33 heavy (non-hydrogen) atoms. The van der Waals surface area contributed by atoms with Crippen LogP contribution in [0.4, 0.5) is 5.69 Å². The molecule has 0 aliphatic carbocycles. The molecule has 5 heteroatoms. The summed E-state index contributed by atoms with van der Waals surface area (Å²) in [5.41, 5.74) is 7.72. The molecule has 0 bridgehead atoms. The molecule has 0 atom stereocenters. The number of amidine groups is 1. The smallest absolute Gasteiger partial charge is 0.173 e. The molecule has 4 aromatic rings. The van der Waals surface area contributed by atoms with E-state index in [4.69, 9.17) is 14.7 Å². The zero-order chi connectivity index (χ0) is 22.9. The third-order valence-electron chi connectivity index (χ3n) is 5.15. The van der Waals surface area contributed by atoms with Crippen molar-refractivity contribution in [2.45, 2.75) is 26.7 Å². The molecule has 0 saturated carbocycles. The summed E-state index contributed by atoms with van der Waals surface area (Å²) in [5, 5.41) is 5.51. The zero-order valence-corrected chi connectivity index (χ0v) is 19.0. The van der Waals surface area contributed by atoms with E-state index in [1.807, 2.05) is 84.9 Å². The van der Waals surface area contributed by atoms with E-state index >= 15 is 0 Å². The van der Waals surface area contributed by atoms with Crippen LogP contribution in [0, 0.1) is 6.92 Å². The normalized spacial score (nSPS) is 11.8. The predicted octanol–water partition coefficient (Wildman–Crippen LogP) is 6.42. The van der Waals surface area contributed by atoms with E-state index in [9.17, 15) is 0 Å². The lowest BCUT2D eigenvalue weighted by atomic mass is 10.2. The summed E-state index contributed by atoms with van der Waals surface area (Å²) in [6.07, 6.45) is 3.94. The average Bonchev–Trinajstić information content (AvgIpc) is 2.85. The highest BCUT2D eigenvalue weighted by Crippen LogP contribution is 2.17. The Morgan fingerprint density at radius 1 is 0.939 bits per heavy atom. The van der Waals surface area contributed by atoms with Gasteiger partial charge in [0.15, 0.2) is 5.84 Å². The number of aliphatic imine (C=N–C) groups is 1. The van der Waals surface area contributed by atoms with Gasteiger partial charge in [0.05, 0.1) is 24.0 Å². The second kappa shape index (κ2) is 11.0. The number of aryl methyl sites for hydroxylation is 1.